The molecule has 2 amide bonds. The van der Waals surface area contributed by atoms with Crippen molar-refractivity contribution in [1.29, 1.82) is 0 Å². The molecule has 8 heteroatoms. The normalized spacial score (nSPS) is 12.4. The third-order valence-corrected chi connectivity index (χ3v) is 6.47. The molecule has 6 nitrogen and oxygen atoms in total. The van der Waals surface area contributed by atoms with Gasteiger partial charge < -0.3 is 10.6 Å². The molecule has 1 aliphatic carbocycles. The number of benzene rings is 2. The highest BCUT2D eigenvalue weighted by atomic mass is 32.1. The van der Waals surface area contributed by atoms with Crippen LogP contribution in [0.2, 0.25) is 0 Å². The number of hydrogen-bond donors (Lipinski definition) is 2. The smallest absolute Gasteiger partial charge is 0.276 e. The van der Waals surface area contributed by atoms with Gasteiger partial charge in [-0.2, -0.15) is 5.10 Å². The van der Waals surface area contributed by atoms with Gasteiger partial charge in [-0.1, -0.05) is 30.3 Å². The highest BCUT2D eigenvalue weighted by Crippen LogP contribution is 2.30. The highest BCUT2D eigenvalue weighted by molar-refractivity contribution is 7.10. The minimum absolute atomic E-state index is 0.163. The van der Waals surface area contributed by atoms with Gasteiger partial charge in [-0.15, -0.1) is 11.3 Å². The number of anilines is 2. The van der Waals surface area contributed by atoms with E-state index in [1.54, 1.807) is 47.1 Å². The second-order valence-corrected chi connectivity index (χ2v) is 8.83. The lowest BCUT2D eigenvalue weighted by atomic mass is 10.2. The topological polar surface area (TPSA) is 76.0 Å². The summed E-state index contributed by atoms with van der Waals surface area (Å²) in [7, 11) is 0. The van der Waals surface area contributed by atoms with Gasteiger partial charge in [0.1, 0.15) is 11.5 Å². The molecule has 2 heterocycles. The standard InChI is InChI=1S/C25H21FN4O2S/c26-18-9-1-4-12-22(18)30-21-13-5-8-17(21)24(29-30)25(32)28-20-11-3-2-10-19(20)27-23(31)15-16-7-6-14-33-16/h1-4,6-7,9-12,14H,5,8,13,15H2,(H,27,31)(H,28,32). The molecule has 4 aromatic rings. The van der Waals surface area contributed by atoms with Crippen LogP contribution in [0.15, 0.2) is 66.0 Å². The van der Waals surface area contributed by atoms with Crippen LogP contribution in [0.3, 0.4) is 0 Å². The first-order chi connectivity index (χ1) is 16.1. The molecule has 0 radical (unpaired) electrons. The third kappa shape index (κ3) is 4.29. The molecule has 1 aliphatic rings. The molecule has 0 aliphatic heterocycles. The van der Waals surface area contributed by atoms with E-state index < -0.39 is 0 Å². The van der Waals surface area contributed by atoms with E-state index in [4.69, 9.17) is 0 Å². The summed E-state index contributed by atoms with van der Waals surface area (Å²) < 4.78 is 16.0. The van der Waals surface area contributed by atoms with Crippen LogP contribution < -0.4 is 10.6 Å². The summed E-state index contributed by atoms with van der Waals surface area (Å²) >= 11 is 1.52. The van der Waals surface area contributed by atoms with Crippen LogP contribution in [-0.4, -0.2) is 21.6 Å². The van der Waals surface area contributed by atoms with Crippen molar-refractivity contribution in [2.45, 2.75) is 25.7 Å². The number of aromatic nitrogens is 2. The van der Waals surface area contributed by atoms with E-state index >= 15 is 0 Å². The summed E-state index contributed by atoms with van der Waals surface area (Å²) in [4.78, 5) is 26.6. The summed E-state index contributed by atoms with van der Waals surface area (Å²) in [6, 6.07) is 17.3. The summed E-state index contributed by atoms with van der Waals surface area (Å²) in [5.41, 5.74) is 3.31. The molecule has 0 fully saturated rings. The molecule has 0 saturated carbocycles. The predicted octanol–water partition coefficient (Wildman–Crippen LogP) is 5.00. The van der Waals surface area contributed by atoms with Crippen LogP contribution in [0.5, 0.6) is 0 Å². The molecule has 33 heavy (non-hydrogen) atoms. The third-order valence-electron chi connectivity index (χ3n) is 5.59. The van der Waals surface area contributed by atoms with Gasteiger partial charge in [0.2, 0.25) is 5.91 Å². The van der Waals surface area contributed by atoms with Crippen molar-refractivity contribution in [3.63, 3.8) is 0 Å². The quantitative estimate of drug-likeness (QED) is 0.425. The van der Waals surface area contributed by atoms with Crippen LogP contribution in [0.1, 0.15) is 33.0 Å². The number of nitrogens with one attached hydrogen (secondary N) is 2. The van der Waals surface area contributed by atoms with Gasteiger partial charge in [-0.05, 0) is 55.0 Å². The molecule has 0 saturated heterocycles. The number of amides is 2. The number of thiophene rings is 1. The fourth-order valence-electron chi connectivity index (χ4n) is 4.09. The zero-order valence-electron chi connectivity index (χ0n) is 17.7. The van der Waals surface area contributed by atoms with Gasteiger partial charge in [-0.25, -0.2) is 9.07 Å². The van der Waals surface area contributed by atoms with Crippen molar-refractivity contribution in [3.8, 4) is 5.69 Å². The van der Waals surface area contributed by atoms with E-state index in [0.717, 1.165) is 29.0 Å². The molecule has 0 bridgehead atoms. The first kappa shape index (κ1) is 21.1. The molecule has 2 aromatic carbocycles. The van der Waals surface area contributed by atoms with Gasteiger partial charge in [-0.3, -0.25) is 9.59 Å². The Balaban J connectivity index is 1.39. The Morgan fingerprint density at radius 3 is 2.48 bits per heavy atom. The summed E-state index contributed by atoms with van der Waals surface area (Å²) in [6.45, 7) is 0. The summed E-state index contributed by atoms with van der Waals surface area (Å²) in [5.74, 6) is -0.937. The van der Waals surface area contributed by atoms with Crippen LogP contribution in [0.25, 0.3) is 5.69 Å². The molecule has 2 N–H and O–H groups in total. The highest BCUT2D eigenvalue weighted by Gasteiger charge is 2.28. The molecule has 0 spiro atoms. The fraction of sp³-hybridized carbons (Fsp3) is 0.160. The van der Waals surface area contributed by atoms with Crippen molar-refractivity contribution < 1.29 is 14.0 Å². The minimum atomic E-state index is -0.388. The Bertz CT molecular complexity index is 1330. The maximum Gasteiger partial charge on any atom is 0.276 e. The Morgan fingerprint density at radius 2 is 1.73 bits per heavy atom. The number of fused-ring (bicyclic) bond motifs is 1. The van der Waals surface area contributed by atoms with E-state index in [1.807, 2.05) is 17.5 Å². The second-order valence-electron chi connectivity index (χ2n) is 7.79. The number of carbonyl (C=O) groups is 2. The van der Waals surface area contributed by atoms with Crippen molar-refractivity contribution in [3.05, 3.63) is 93.7 Å². The van der Waals surface area contributed by atoms with Crippen molar-refractivity contribution >= 4 is 34.5 Å². The number of carbonyl (C=O) groups excluding carboxylic acids is 2. The number of halogens is 1. The van der Waals surface area contributed by atoms with E-state index in [1.165, 1.54) is 17.4 Å². The van der Waals surface area contributed by atoms with E-state index in [9.17, 15) is 14.0 Å². The van der Waals surface area contributed by atoms with Crippen molar-refractivity contribution in [2.75, 3.05) is 10.6 Å². The van der Waals surface area contributed by atoms with E-state index in [0.29, 0.717) is 23.5 Å². The maximum atomic E-state index is 14.4. The SMILES string of the molecule is O=C(Cc1cccs1)Nc1ccccc1NC(=O)c1nn(-c2ccccc2F)c2c1CCC2. The molecule has 166 valence electrons. The van der Waals surface area contributed by atoms with E-state index in [-0.39, 0.29) is 29.7 Å². The molecule has 0 atom stereocenters. The summed E-state index contributed by atoms with van der Waals surface area (Å²) in [6.07, 6.45) is 2.60. The first-order valence-electron chi connectivity index (χ1n) is 10.7. The molecule has 2 aromatic heterocycles. The number of nitrogens with zero attached hydrogens (tertiary/aromatic N) is 2. The number of rotatable bonds is 6. The average Bonchev–Trinajstić information content (AvgIpc) is 3.54. The Hall–Kier alpha value is -3.78. The van der Waals surface area contributed by atoms with Crippen LogP contribution >= 0.6 is 11.3 Å². The predicted molar refractivity (Wildman–Crippen MR) is 127 cm³/mol. The number of hydrogen-bond acceptors (Lipinski definition) is 4. The first-order valence-corrected chi connectivity index (χ1v) is 11.6. The van der Waals surface area contributed by atoms with Gasteiger partial charge >= 0.3 is 0 Å². The van der Waals surface area contributed by atoms with Gasteiger partial charge in [0.25, 0.3) is 5.91 Å². The Labute approximate surface area is 194 Å². The lowest BCUT2D eigenvalue weighted by Crippen LogP contribution is -2.19. The van der Waals surface area contributed by atoms with Gasteiger partial charge in [0.05, 0.1) is 17.8 Å². The van der Waals surface area contributed by atoms with Crippen LogP contribution in [0, 0.1) is 5.82 Å². The van der Waals surface area contributed by atoms with Crippen LogP contribution in [0.4, 0.5) is 15.8 Å². The Kier molecular flexibility index (Phi) is 5.75. The summed E-state index contributed by atoms with van der Waals surface area (Å²) in [5, 5.41) is 12.2. The van der Waals surface area contributed by atoms with Crippen LogP contribution in [-0.2, 0) is 24.1 Å². The van der Waals surface area contributed by atoms with Gasteiger partial charge in [0.15, 0.2) is 5.69 Å². The zero-order valence-corrected chi connectivity index (χ0v) is 18.5. The fourth-order valence-corrected chi connectivity index (χ4v) is 4.79. The van der Waals surface area contributed by atoms with Crippen molar-refractivity contribution in [1.82, 2.24) is 9.78 Å². The molecule has 5 rings (SSSR count). The second kappa shape index (κ2) is 8.99. The molecular weight excluding hydrogens is 439 g/mol. The molecular formula is C25H21FN4O2S. The maximum absolute atomic E-state index is 14.4. The van der Waals surface area contributed by atoms with E-state index in [2.05, 4.69) is 15.7 Å². The lowest BCUT2D eigenvalue weighted by molar-refractivity contribution is -0.115. The van der Waals surface area contributed by atoms with Gasteiger partial charge in [0, 0.05) is 16.1 Å². The average molecular weight is 461 g/mol. The monoisotopic (exact) mass is 460 g/mol. The minimum Gasteiger partial charge on any atom is -0.324 e. The number of para-hydroxylation sites is 3. The lowest BCUT2D eigenvalue weighted by Gasteiger charge is -2.12. The Morgan fingerprint density at radius 1 is 0.970 bits per heavy atom. The largest absolute Gasteiger partial charge is 0.324 e. The zero-order chi connectivity index (χ0) is 22.8. The molecule has 0 unspecified atom stereocenters. The van der Waals surface area contributed by atoms with Crippen molar-refractivity contribution in [2.24, 2.45) is 0 Å².